The van der Waals surface area contributed by atoms with E-state index in [4.69, 9.17) is 12.2 Å². The van der Waals surface area contributed by atoms with Crippen molar-refractivity contribution >= 4 is 23.1 Å². The van der Waals surface area contributed by atoms with Gasteiger partial charge in [0.15, 0.2) is 4.77 Å². The Morgan fingerprint density at radius 1 is 1.03 bits per heavy atom. The van der Waals surface area contributed by atoms with Crippen LogP contribution in [0.3, 0.4) is 0 Å². The molecule has 2 aromatic carbocycles. The first-order valence-electron chi connectivity index (χ1n) is 10.7. The van der Waals surface area contributed by atoms with Crippen LogP contribution in [0.4, 0.5) is 0 Å². The standard InChI is InChI=1S/C25H29N3O2S/c1-6-15-10-18(23(30)12-22(15)29)24-20(7-2)26-25(31)28(24)16-8-9-21-17(11-16)19(14(3)4)13-27(21)5/h8-14,29-30H,6-7H2,1-5H3,(H,26,31). The second kappa shape index (κ2) is 7.93. The Hall–Kier alpha value is -2.99. The second-order valence-electron chi connectivity index (χ2n) is 8.35. The Bertz CT molecular complexity index is 1340. The number of benzene rings is 2. The number of nitrogens with zero attached hydrogens (tertiary/aromatic N) is 2. The summed E-state index contributed by atoms with van der Waals surface area (Å²) in [5.74, 6) is 0.544. The number of H-pyrrole nitrogens is 1. The SMILES string of the molecule is CCc1cc(-c2c(CC)[nH]c(=S)n2-c2ccc3c(c2)c(C(C)C)cn3C)c(O)cc1O. The number of hydrogen-bond donors (Lipinski definition) is 3. The quantitative estimate of drug-likeness (QED) is 0.320. The molecule has 5 nitrogen and oxygen atoms in total. The summed E-state index contributed by atoms with van der Waals surface area (Å²) in [6, 6.07) is 9.64. The zero-order chi connectivity index (χ0) is 22.4. The van der Waals surface area contributed by atoms with Crippen molar-refractivity contribution in [2.45, 2.75) is 46.5 Å². The lowest BCUT2D eigenvalue weighted by molar-refractivity contribution is 0.447. The van der Waals surface area contributed by atoms with Gasteiger partial charge in [-0.1, -0.05) is 27.7 Å². The van der Waals surface area contributed by atoms with Gasteiger partial charge in [0.2, 0.25) is 0 Å². The first-order chi connectivity index (χ1) is 14.8. The lowest BCUT2D eigenvalue weighted by atomic mass is 10.0. The molecule has 0 saturated carbocycles. The molecule has 3 N–H and O–H groups in total. The van der Waals surface area contributed by atoms with E-state index in [-0.39, 0.29) is 11.5 Å². The Labute approximate surface area is 187 Å². The van der Waals surface area contributed by atoms with Crippen LogP contribution in [0.2, 0.25) is 0 Å². The van der Waals surface area contributed by atoms with E-state index in [2.05, 4.69) is 61.8 Å². The number of aromatic nitrogens is 3. The summed E-state index contributed by atoms with van der Waals surface area (Å²) in [4.78, 5) is 3.33. The van der Waals surface area contributed by atoms with Gasteiger partial charge in [0.25, 0.3) is 0 Å². The number of aromatic amines is 1. The summed E-state index contributed by atoms with van der Waals surface area (Å²) in [5, 5.41) is 22.1. The highest BCUT2D eigenvalue weighted by atomic mass is 32.1. The van der Waals surface area contributed by atoms with Gasteiger partial charge in [-0.15, -0.1) is 0 Å². The van der Waals surface area contributed by atoms with Gasteiger partial charge in [-0.25, -0.2) is 0 Å². The number of imidazole rings is 1. The highest BCUT2D eigenvalue weighted by molar-refractivity contribution is 7.71. The molecular formula is C25H29N3O2S. The Balaban J connectivity index is 2.03. The molecule has 4 rings (SSSR count). The van der Waals surface area contributed by atoms with Crippen LogP contribution in [-0.2, 0) is 19.9 Å². The fourth-order valence-corrected chi connectivity index (χ4v) is 4.69. The highest BCUT2D eigenvalue weighted by Crippen LogP contribution is 2.39. The number of nitrogens with one attached hydrogen (secondary N) is 1. The van der Waals surface area contributed by atoms with E-state index >= 15 is 0 Å². The van der Waals surface area contributed by atoms with E-state index < -0.39 is 0 Å². The largest absolute Gasteiger partial charge is 0.508 e. The van der Waals surface area contributed by atoms with Gasteiger partial charge in [-0.3, -0.25) is 4.57 Å². The van der Waals surface area contributed by atoms with Gasteiger partial charge in [0.05, 0.1) is 5.69 Å². The van der Waals surface area contributed by atoms with Crippen molar-refractivity contribution in [1.29, 1.82) is 0 Å². The van der Waals surface area contributed by atoms with Gasteiger partial charge >= 0.3 is 0 Å². The van der Waals surface area contributed by atoms with Crippen molar-refractivity contribution in [2.24, 2.45) is 7.05 Å². The van der Waals surface area contributed by atoms with Crippen molar-refractivity contribution in [3.8, 4) is 28.4 Å². The van der Waals surface area contributed by atoms with Crippen molar-refractivity contribution in [3.63, 3.8) is 0 Å². The van der Waals surface area contributed by atoms with Gasteiger partial charge in [0.1, 0.15) is 11.5 Å². The average Bonchev–Trinajstić information content (AvgIpc) is 3.24. The van der Waals surface area contributed by atoms with Crippen LogP contribution < -0.4 is 0 Å². The molecule has 0 fully saturated rings. The van der Waals surface area contributed by atoms with Crippen molar-refractivity contribution in [2.75, 3.05) is 0 Å². The van der Waals surface area contributed by atoms with Gasteiger partial charge in [0, 0.05) is 47.2 Å². The monoisotopic (exact) mass is 435 g/mol. The van der Waals surface area contributed by atoms with Crippen LogP contribution >= 0.6 is 12.2 Å². The van der Waals surface area contributed by atoms with Crippen molar-refractivity contribution < 1.29 is 10.2 Å². The molecule has 0 radical (unpaired) electrons. The summed E-state index contributed by atoms with van der Waals surface area (Å²) in [5.41, 5.74) is 6.64. The van der Waals surface area contributed by atoms with Gasteiger partial charge < -0.3 is 19.8 Å². The number of aromatic hydroxyl groups is 2. The minimum absolute atomic E-state index is 0.0378. The fraction of sp³-hybridized carbons (Fsp3) is 0.320. The average molecular weight is 436 g/mol. The minimum atomic E-state index is 0.0378. The van der Waals surface area contributed by atoms with Crippen LogP contribution in [0, 0.1) is 4.77 Å². The molecule has 0 spiro atoms. The summed E-state index contributed by atoms with van der Waals surface area (Å²) in [6.07, 6.45) is 3.59. The normalized spacial score (nSPS) is 11.7. The maximum atomic E-state index is 10.7. The molecule has 0 unspecified atom stereocenters. The Morgan fingerprint density at radius 3 is 2.42 bits per heavy atom. The zero-order valence-corrected chi connectivity index (χ0v) is 19.5. The third-order valence-electron chi connectivity index (χ3n) is 6.04. The Kier molecular flexibility index (Phi) is 5.43. The summed E-state index contributed by atoms with van der Waals surface area (Å²) in [7, 11) is 2.07. The number of phenolic OH excluding ortho intramolecular Hbond substituents is 2. The lowest BCUT2D eigenvalue weighted by Gasteiger charge is -2.14. The van der Waals surface area contributed by atoms with Gasteiger partial charge in [-0.2, -0.15) is 0 Å². The molecule has 2 heterocycles. The molecule has 0 bridgehead atoms. The fourth-order valence-electron chi connectivity index (χ4n) is 4.37. The smallest absolute Gasteiger partial charge is 0.182 e. The molecule has 2 aromatic heterocycles. The summed E-state index contributed by atoms with van der Waals surface area (Å²) >= 11 is 5.72. The van der Waals surface area contributed by atoms with E-state index in [9.17, 15) is 10.2 Å². The summed E-state index contributed by atoms with van der Waals surface area (Å²) < 4.78 is 4.73. The van der Waals surface area contributed by atoms with Crippen LogP contribution in [0.5, 0.6) is 11.5 Å². The molecule has 4 aromatic rings. The number of hydrogen-bond acceptors (Lipinski definition) is 3. The predicted molar refractivity (Wildman–Crippen MR) is 129 cm³/mol. The molecular weight excluding hydrogens is 406 g/mol. The molecule has 0 amide bonds. The molecule has 162 valence electrons. The molecule has 6 heteroatoms. The lowest BCUT2D eigenvalue weighted by Crippen LogP contribution is -2.00. The third-order valence-corrected chi connectivity index (χ3v) is 6.33. The third kappa shape index (κ3) is 3.45. The van der Waals surface area contributed by atoms with E-state index in [1.807, 2.05) is 17.6 Å². The number of fused-ring (bicyclic) bond motifs is 1. The van der Waals surface area contributed by atoms with E-state index in [0.717, 1.165) is 29.1 Å². The van der Waals surface area contributed by atoms with Crippen molar-refractivity contribution in [3.05, 3.63) is 58.1 Å². The molecule has 0 aliphatic carbocycles. The first kappa shape index (κ1) is 21.2. The topological polar surface area (TPSA) is 66.1 Å². The number of rotatable bonds is 5. The highest BCUT2D eigenvalue weighted by Gasteiger charge is 2.20. The maximum Gasteiger partial charge on any atom is 0.182 e. The first-order valence-corrected chi connectivity index (χ1v) is 11.2. The van der Waals surface area contributed by atoms with E-state index in [0.29, 0.717) is 22.7 Å². The van der Waals surface area contributed by atoms with E-state index in [1.54, 1.807) is 0 Å². The van der Waals surface area contributed by atoms with Crippen molar-refractivity contribution in [1.82, 2.24) is 14.1 Å². The number of aryl methyl sites for hydroxylation is 3. The van der Waals surface area contributed by atoms with Crippen LogP contribution in [-0.4, -0.2) is 24.3 Å². The van der Waals surface area contributed by atoms with Crippen LogP contribution in [0.1, 0.15) is 50.4 Å². The van der Waals surface area contributed by atoms with E-state index in [1.165, 1.54) is 22.5 Å². The Morgan fingerprint density at radius 2 is 1.77 bits per heavy atom. The molecule has 0 aliphatic heterocycles. The minimum Gasteiger partial charge on any atom is -0.508 e. The molecule has 0 saturated heterocycles. The predicted octanol–water partition coefficient (Wildman–Crippen LogP) is 6.35. The molecule has 0 aliphatic rings. The van der Waals surface area contributed by atoms with Gasteiger partial charge in [-0.05, 0) is 66.4 Å². The summed E-state index contributed by atoms with van der Waals surface area (Å²) in [6.45, 7) is 8.44. The number of phenols is 2. The van der Waals surface area contributed by atoms with Crippen LogP contribution in [0.15, 0.2) is 36.5 Å². The zero-order valence-electron chi connectivity index (χ0n) is 18.7. The molecule has 31 heavy (non-hydrogen) atoms. The second-order valence-corrected chi connectivity index (χ2v) is 8.74. The maximum absolute atomic E-state index is 10.7. The van der Waals surface area contributed by atoms with Crippen LogP contribution in [0.25, 0.3) is 27.8 Å². The molecule has 0 atom stereocenters.